The maximum absolute atomic E-state index is 11.0. The minimum atomic E-state index is -0.544. The third-order valence-electron chi connectivity index (χ3n) is 4.02. The van der Waals surface area contributed by atoms with Crippen LogP contribution in [0.15, 0.2) is 12.1 Å². The molecular formula is C17H26OS. The first kappa shape index (κ1) is 14.9. The van der Waals surface area contributed by atoms with Gasteiger partial charge in [0.15, 0.2) is 0 Å². The van der Waals surface area contributed by atoms with E-state index in [4.69, 9.17) is 0 Å². The van der Waals surface area contributed by atoms with Gasteiger partial charge in [0.25, 0.3) is 0 Å². The molecule has 2 rings (SSSR count). The first-order chi connectivity index (χ1) is 8.71. The van der Waals surface area contributed by atoms with Gasteiger partial charge in [-0.3, -0.25) is 0 Å². The summed E-state index contributed by atoms with van der Waals surface area (Å²) < 4.78 is 0. The van der Waals surface area contributed by atoms with E-state index >= 15 is 0 Å². The van der Waals surface area contributed by atoms with Crippen LogP contribution in [0.25, 0.3) is 0 Å². The summed E-state index contributed by atoms with van der Waals surface area (Å²) in [4.78, 5) is 0. The van der Waals surface area contributed by atoms with Crippen molar-refractivity contribution in [1.29, 1.82) is 0 Å². The van der Waals surface area contributed by atoms with E-state index in [1.807, 2.05) is 11.8 Å². The van der Waals surface area contributed by atoms with Crippen molar-refractivity contribution in [1.82, 2.24) is 0 Å². The van der Waals surface area contributed by atoms with Crippen LogP contribution in [0, 0.1) is 26.2 Å². The highest BCUT2D eigenvalue weighted by atomic mass is 32.2. The van der Waals surface area contributed by atoms with Crippen LogP contribution in [-0.2, 0) is 6.42 Å². The molecule has 1 N–H and O–H groups in total. The molecule has 0 saturated carbocycles. The van der Waals surface area contributed by atoms with Gasteiger partial charge in [-0.15, -0.1) is 0 Å². The van der Waals surface area contributed by atoms with Crippen LogP contribution in [0.4, 0.5) is 0 Å². The highest BCUT2D eigenvalue weighted by Crippen LogP contribution is 2.41. The van der Waals surface area contributed by atoms with Gasteiger partial charge in [-0.25, -0.2) is 0 Å². The summed E-state index contributed by atoms with van der Waals surface area (Å²) in [5, 5.41) is 11.0. The van der Waals surface area contributed by atoms with E-state index in [0.717, 1.165) is 24.3 Å². The molecule has 0 radical (unpaired) electrons. The van der Waals surface area contributed by atoms with E-state index in [0.29, 0.717) is 0 Å². The minimum absolute atomic E-state index is 0.240. The molecule has 19 heavy (non-hydrogen) atoms. The second kappa shape index (κ2) is 5.14. The summed E-state index contributed by atoms with van der Waals surface area (Å²) in [7, 11) is 0. The van der Waals surface area contributed by atoms with Gasteiger partial charge in [-0.05, 0) is 55.1 Å². The van der Waals surface area contributed by atoms with Gasteiger partial charge in [-0.2, -0.15) is 11.8 Å². The minimum Gasteiger partial charge on any atom is -0.389 e. The number of thioether (sulfide) groups is 1. The van der Waals surface area contributed by atoms with Gasteiger partial charge < -0.3 is 5.11 Å². The Kier molecular flexibility index (Phi) is 4.04. The Hall–Kier alpha value is -0.470. The average molecular weight is 278 g/mol. The molecule has 0 bridgehead atoms. The molecule has 0 spiro atoms. The maximum atomic E-state index is 11.0. The zero-order chi connectivity index (χ0) is 14.3. The molecule has 1 aromatic rings. The number of rotatable bonds is 2. The number of benzene rings is 1. The molecule has 2 heteroatoms. The number of hydrogen-bond acceptors (Lipinski definition) is 2. The molecule has 1 unspecified atom stereocenters. The monoisotopic (exact) mass is 278 g/mol. The summed E-state index contributed by atoms with van der Waals surface area (Å²) in [6.07, 6.45) is 1.70. The second-order valence-electron chi connectivity index (χ2n) is 7.11. The number of aliphatic hydroxyl groups is 1. The smallest absolute Gasteiger partial charge is 0.0783 e. The van der Waals surface area contributed by atoms with Crippen molar-refractivity contribution in [2.75, 3.05) is 11.5 Å². The van der Waals surface area contributed by atoms with Crippen molar-refractivity contribution in [3.8, 4) is 0 Å². The molecule has 1 atom stereocenters. The first-order valence-electron chi connectivity index (χ1n) is 7.08. The van der Waals surface area contributed by atoms with Crippen LogP contribution >= 0.6 is 11.8 Å². The molecule has 1 aliphatic heterocycles. The van der Waals surface area contributed by atoms with Crippen molar-refractivity contribution in [2.24, 2.45) is 5.41 Å². The van der Waals surface area contributed by atoms with E-state index < -0.39 is 5.60 Å². The van der Waals surface area contributed by atoms with E-state index in [9.17, 15) is 5.11 Å². The van der Waals surface area contributed by atoms with Crippen LogP contribution in [0.1, 0.15) is 42.5 Å². The Bertz CT molecular complexity index is 455. The normalized spacial score (nSPS) is 26.4. The Labute approximate surface area is 121 Å². The maximum Gasteiger partial charge on any atom is 0.0783 e. The highest BCUT2D eigenvalue weighted by molar-refractivity contribution is 7.99. The summed E-state index contributed by atoms with van der Waals surface area (Å²) in [5.74, 6) is 2.02. The lowest BCUT2D eigenvalue weighted by atomic mass is 9.78. The van der Waals surface area contributed by atoms with Crippen LogP contribution in [0.2, 0.25) is 0 Å². The lowest BCUT2D eigenvalue weighted by molar-refractivity contribution is 0.0197. The van der Waals surface area contributed by atoms with Gasteiger partial charge in [0.1, 0.15) is 0 Å². The summed E-state index contributed by atoms with van der Waals surface area (Å²) in [6.45, 7) is 11.0. The fourth-order valence-electron chi connectivity index (χ4n) is 3.44. The predicted molar refractivity (Wildman–Crippen MR) is 85.0 cm³/mol. The van der Waals surface area contributed by atoms with E-state index in [2.05, 4.69) is 46.8 Å². The highest BCUT2D eigenvalue weighted by Gasteiger charge is 2.39. The fourth-order valence-corrected chi connectivity index (χ4v) is 4.78. The Morgan fingerprint density at radius 1 is 1.11 bits per heavy atom. The Morgan fingerprint density at radius 3 is 2.21 bits per heavy atom. The van der Waals surface area contributed by atoms with Crippen LogP contribution < -0.4 is 0 Å². The third kappa shape index (κ3) is 3.55. The lowest BCUT2D eigenvalue weighted by Gasteiger charge is -2.41. The summed E-state index contributed by atoms with van der Waals surface area (Å²) in [6, 6.07) is 4.46. The van der Waals surface area contributed by atoms with E-state index in [1.54, 1.807) is 0 Å². The topological polar surface area (TPSA) is 20.2 Å². The first-order valence-corrected chi connectivity index (χ1v) is 8.23. The second-order valence-corrected chi connectivity index (χ2v) is 8.10. The molecular weight excluding hydrogens is 252 g/mol. The standard InChI is InChI=1S/C17H26OS/c1-12-6-13(2)15(14(3)7-12)8-17(18)9-16(4,5)10-19-11-17/h6-7,18H,8-11H2,1-5H3. The molecule has 1 fully saturated rings. The van der Waals surface area contributed by atoms with Crippen molar-refractivity contribution < 1.29 is 5.11 Å². The molecule has 1 nitrogen and oxygen atoms in total. The Balaban J connectivity index is 2.25. The molecule has 0 aliphatic carbocycles. The lowest BCUT2D eigenvalue weighted by Crippen LogP contribution is -2.44. The van der Waals surface area contributed by atoms with E-state index in [-0.39, 0.29) is 5.41 Å². The van der Waals surface area contributed by atoms with Gasteiger partial charge in [-0.1, -0.05) is 31.5 Å². The largest absolute Gasteiger partial charge is 0.389 e. The molecule has 1 aliphatic rings. The summed E-state index contributed by atoms with van der Waals surface area (Å²) >= 11 is 1.89. The van der Waals surface area contributed by atoms with Gasteiger partial charge in [0, 0.05) is 12.2 Å². The SMILES string of the molecule is Cc1cc(C)c(CC2(O)CSCC(C)(C)C2)c(C)c1. The van der Waals surface area contributed by atoms with Crippen LogP contribution in [0.3, 0.4) is 0 Å². The zero-order valence-electron chi connectivity index (χ0n) is 12.8. The van der Waals surface area contributed by atoms with Crippen molar-refractivity contribution in [3.63, 3.8) is 0 Å². The molecule has 1 heterocycles. The molecule has 1 saturated heterocycles. The van der Waals surface area contributed by atoms with Crippen LogP contribution in [-0.4, -0.2) is 22.2 Å². The van der Waals surface area contributed by atoms with Gasteiger partial charge in [0.2, 0.25) is 0 Å². The Morgan fingerprint density at radius 2 is 1.68 bits per heavy atom. The van der Waals surface area contributed by atoms with Crippen molar-refractivity contribution >= 4 is 11.8 Å². The number of hydrogen-bond donors (Lipinski definition) is 1. The van der Waals surface area contributed by atoms with Crippen molar-refractivity contribution in [2.45, 2.75) is 53.1 Å². The zero-order valence-corrected chi connectivity index (χ0v) is 13.7. The molecule has 0 aromatic heterocycles. The van der Waals surface area contributed by atoms with Crippen LogP contribution in [0.5, 0.6) is 0 Å². The third-order valence-corrected chi connectivity index (χ3v) is 5.74. The summed E-state index contributed by atoms with van der Waals surface area (Å²) in [5.41, 5.74) is 4.98. The fraction of sp³-hybridized carbons (Fsp3) is 0.647. The van der Waals surface area contributed by atoms with E-state index in [1.165, 1.54) is 22.3 Å². The molecule has 1 aromatic carbocycles. The number of aryl methyl sites for hydroxylation is 3. The molecule has 106 valence electrons. The quantitative estimate of drug-likeness (QED) is 0.880. The average Bonchev–Trinajstić information content (AvgIpc) is 2.21. The van der Waals surface area contributed by atoms with Crippen molar-refractivity contribution in [3.05, 3.63) is 34.4 Å². The van der Waals surface area contributed by atoms with Gasteiger partial charge in [0.05, 0.1) is 5.60 Å². The molecule has 0 amide bonds. The predicted octanol–water partition coefficient (Wildman–Crippen LogP) is 4.05. The van der Waals surface area contributed by atoms with Gasteiger partial charge >= 0.3 is 0 Å².